The van der Waals surface area contributed by atoms with Crippen molar-refractivity contribution in [1.29, 1.82) is 0 Å². The molecule has 64 heavy (non-hydrogen) atoms. The smallest absolute Gasteiger partial charge is 0.220 e. The van der Waals surface area contributed by atoms with Crippen molar-refractivity contribution >= 4 is 5.91 Å². The Kier molecular flexibility index (Phi) is 43.5. The summed E-state index contributed by atoms with van der Waals surface area (Å²) >= 11 is 0. The van der Waals surface area contributed by atoms with Crippen LogP contribution in [0.25, 0.3) is 0 Å². The molecule has 6 N–H and O–H groups in total. The quantitative estimate of drug-likeness (QED) is 0.0261. The van der Waals surface area contributed by atoms with Crippen LogP contribution in [0.4, 0.5) is 0 Å². The largest absolute Gasteiger partial charge is 0.394 e. The van der Waals surface area contributed by atoms with Crippen LogP contribution in [0, 0.1) is 0 Å². The van der Waals surface area contributed by atoms with Crippen molar-refractivity contribution in [2.24, 2.45) is 0 Å². The highest BCUT2D eigenvalue weighted by atomic mass is 16.7. The Bertz CT molecular complexity index is 1010. The fourth-order valence-corrected chi connectivity index (χ4v) is 9.16. The van der Waals surface area contributed by atoms with Crippen LogP contribution in [0.2, 0.25) is 0 Å². The van der Waals surface area contributed by atoms with E-state index >= 15 is 0 Å². The first-order valence-electron chi connectivity index (χ1n) is 27.9. The van der Waals surface area contributed by atoms with E-state index in [4.69, 9.17) is 9.47 Å². The highest BCUT2D eigenvalue weighted by Crippen LogP contribution is 2.23. The summed E-state index contributed by atoms with van der Waals surface area (Å²) in [4.78, 5) is 13.0. The van der Waals surface area contributed by atoms with Gasteiger partial charge in [-0.25, -0.2) is 0 Å². The lowest BCUT2D eigenvalue weighted by atomic mass is 9.99. The number of nitrogens with one attached hydrogen (secondary N) is 1. The Morgan fingerprint density at radius 2 is 0.875 bits per heavy atom. The minimum absolute atomic E-state index is 0.134. The number of hydrogen-bond donors (Lipinski definition) is 6. The molecule has 0 bridgehead atoms. The first-order valence-corrected chi connectivity index (χ1v) is 27.9. The van der Waals surface area contributed by atoms with Gasteiger partial charge in [-0.2, -0.15) is 0 Å². The first kappa shape index (κ1) is 60.9. The standard InChI is InChI=1S/C55H107NO8/c1-3-5-7-9-11-13-15-17-19-20-21-22-23-24-25-26-27-28-29-31-33-35-37-39-41-43-45-51(59)56-48(47-63-55-54(62)53(61)52(60)50(46-57)64-55)49(58)44-42-40-38-36-34-32-30-18-16-14-12-10-8-6-4-2/h24-25,48-50,52-55,57-58,60-62H,3-23,26-47H2,1-2H3,(H,56,59)/b25-24-. The van der Waals surface area contributed by atoms with Gasteiger partial charge >= 0.3 is 0 Å². The predicted octanol–water partition coefficient (Wildman–Crippen LogP) is 13.2. The zero-order chi connectivity index (χ0) is 46.6. The van der Waals surface area contributed by atoms with E-state index < -0.39 is 49.5 Å². The molecule has 0 aromatic rings. The van der Waals surface area contributed by atoms with E-state index in [-0.39, 0.29) is 12.5 Å². The molecule has 1 aliphatic rings. The third-order valence-corrected chi connectivity index (χ3v) is 13.6. The molecule has 0 radical (unpaired) electrons. The fraction of sp³-hybridized carbons (Fsp3) is 0.945. The van der Waals surface area contributed by atoms with Gasteiger partial charge in [-0.3, -0.25) is 4.79 Å². The molecule has 1 fully saturated rings. The molecule has 380 valence electrons. The van der Waals surface area contributed by atoms with Crippen LogP contribution < -0.4 is 5.32 Å². The predicted molar refractivity (Wildman–Crippen MR) is 267 cm³/mol. The summed E-state index contributed by atoms with van der Waals surface area (Å²) in [5.41, 5.74) is 0. The summed E-state index contributed by atoms with van der Waals surface area (Å²) in [6.07, 6.45) is 48.1. The number of rotatable bonds is 48. The number of amides is 1. The van der Waals surface area contributed by atoms with Crippen LogP contribution in [0.1, 0.15) is 277 Å². The van der Waals surface area contributed by atoms with Gasteiger partial charge in [0, 0.05) is 6.42 Å². The highest BCUT2D eigenvalue weighted by Gasteiger charge is 2.44. The molecule has 0 aromatic heterocycles. The maximum absolute atomic E-state index is 13.0. The number of unbranched alkanes of at least 4 members (excludes halogenated alkanes) is 36. The van der Waals surface area contributed by atoms with Crippen molar-refractivity contribution in [3.63, 3.8) is 0 Å². The molecule has 0 spiro atoms. The Morgan fingerprint density at radius 3 is 1.27 bits per heavy atom. The minimum Gasteiger partial charge on any atom is -0.394 e. The van der Waals surface area contributed by atoms with Crippen molar-refractivity contribution in [2.75, 3.05) is 13.2 Å². The second kappa shape index (κ2) is 45.7. The lowest BCUT2D eigenvalue weighted by Crippen LogP contribution is -2.60. The topological polar surface area (TPSA) is 149 Å². The summed E-state index contributed by atoms with van der Waals surface area (Å²) in [5.74, 6) is -0.142. The van der Waals surface area contributed by atoms with Gasteiger partial charge < -0.3 is 40.3 Å². The van der Waals surface area contributed by atoms with Crippen molar-refractivity contribution < 1.29 is 39.8 Å². The van der Waals surface area contributed by atoms with Gasteiger partial charge in [-0.1, -0.05) is 244 Å². The number of ether oxygens (including phenoxy) is 2. The summed E-state index contributed by atoms with van der Waals surface area (Å²) in [5, 5.41) is 54.6. The fourth-order valence-electron chi connectivity index (χ4n) is 9.16. The molecule has 7 atom stereocenters. The van der Waals surface area contributed by atoms with E-state index in [1.165, 1.54) is 212 Å². The second-order valence-electron chi connectivity index (χ2n) is 19.7. The Labute approximate surface area is 395 Å². The van der Waals surface area contributed by atoms with E-state index in [0.717, 1.165) is 38.5 Å². The van der Waals surface area contributed by atoms with Crippen LogP contribution in [0.3, 0.4) is 0 Å². The van der Waals surface area contributed by atoms with E-state index in [2.05, 4.69) is 31.3 Å². The molecular formula is C55H107NO8. The van der Waals surface area contributed by atoms with Crippen molar-refractivity contribution in [1.82, 2.24) is 5.32 Å². The second-order valence-corrected chi connectivity index (χ2v) is 19.7. The Hall–Kier alpha value is -1.07. The lowest BCUT2D eigenvalue weighted by molar-refractivity contribution is -0.302. The molecule has 0 saturated carbocycles. The third kappa shape index (κ3) is 35.1. The SMILES string of the molecule is CCCCCCCCCCCCCC/C=C\CCCCCCCCCCCCC(=O)NC(COC1OC(CO)C(O)C(O)C1O)C(O)CCCCCCCCCCCCCCCCC. The van der Waals surface area contributed by atoms with Crippen LogP contribution in [0.15, 0.2) is 12.2 Å². The number of allylic oxidation sites excluding steroid dienone is 2. The number of aliphatic hydroxyl groups is 5. The van der Waals surface area contributed by atoms with Crippen LogP contribution in [-0.4, -0.2) is 87.5 Å². The summed E-state index contributed by atoms with van der Waals surface area (Å²) < 4.78 is 11.3. The Morgan fingerprint density at radius 1 is 0.516 bits per heavy atom. The molecule has 9 heteroatoms. The van der Waals surface area contributed by atoms with Gasteiger partial charge in [0.15, 0.2) is 6.29 Å². The zero-order valence-corrected chi connectivity index (χ0v) is 42.1. The summed E-state index contributed by atoms with van der Waals surface area (Å²) in [6, 6.07) is -0.716. The highest BCUT2D eigenvalue weighted by molar-refractivity contribution is 5.76. The van der Waals surface area contributed by atoms with Crippen molar-refractivity contribution in [3.05, 3.63) is 12.2 Å². The maximum atomic E-state index is 13.0. The molecule has 1 rings (SSSR count). The number of aliphatic hydroxyl groups excluding tert-OH is 5. The summed E-state index contributed by atoms with van der Waals surface area (Å²) in [6.45, 7) is 3.87. The normalized spacial score (nSPS) is 20.0. The van der Waals surface area contributed by atoms with Gasteiger partial charge in [-0.15, -0.1) is 0 Å². The number of carbonyl (C=O) groups excluding carboxylic acids is 1. The number of carbonyl (C=O) groups is 1. The van der Waals surface area contributed by atoms with Crippen molar-refractivity contribution in [2.45, 2.75) is 320 Å². The van der Waals surface area contributed by atoms with E-state index in [0.29, 0.717) is 12.8 Å². The molecule has 1 aliphatic heterocycles. The molecule has 1 heterocycles. The van der Waals surface area contributed by atoms with Crippen LogP contribution in [0.5, 0.6) is 0 Å². The summed E-state index contributed by atoms with van der Waals surface area (Å²) in [7, 11) is 0. The molecule has 1 saturated heterocycles. The molecule has 0 aromatic carbocycles. The lowest BCUT2D eigenvalue weighted by Gasteiger charge is -2.40. The van der Waals surface area contributed by atoms with E-state index in [1.54, 1.807) is 0 Å². The minimum atomic E-state index is -1.55. The molecule has 7 unspecified atom stereocenters. The van der Waals surface area contributed by atoms with E-state index in [1.807, 2.05) is 0 Å². The zero-order valence-electron chi connectivity index (χ0n) is 42.1. The third-order valence-electron chi connectivity index (χ3n) is 13.6. The molecule has 1 amide bonds. The van der Waals surface area contributed by atoms with Crippen molar-refractivity contribution in [3.8, 4) is 0 Å². The van der Waals surface area contributed by atoms with Gasteiger partial charge in [0.05, 0.1) is 25.4 Å². The monoisotopic (exact) mass is 910 g/mol. The van der Waals surface area contributed by atoms with Gasteiger partial charge in [-0.05, 0) is 38.5 Å². The Balaban J connectivity index is 2.18. The van der Waals surface area contributed by atoms with E-state index in [9.17, 15) is 30.3 Å². The van der Waals surface area contributed by atoms with Gasteiger partial charge in [0.2, 0.25) is 5.91 Å². The average molecular weight is 910 g/mol. The number of hydrogen-bond acceptors (Lipinski definition) is 8. The molecular weight excluding hydrogens is 803 g/mol. The first-order chi connectivity index (χ1) is 31.3. The molecule has 9 nitrogen and oxygen atoms in total. The molecule has 0 aliphatic carbocycles. The average Bonchev–Trinajstić information content (AvgIpc) is 3.29. The van der Waals surface area contributed by atoms with Gasteiger partial charge in [0.25, 0.3) is 0 Å². The maximum Gasteiger partial charge on any atom is 0.220 e. The van der Waals surface area contributed by atoms with Crippen LogP contribution in [-0.2, 0) is 14.3 Å². The van der Waals surface area contributed by atoms with Gasteiger partial charge in [0.1, 0.15) is 24.4 Å². The van der Waals surface area contributed by atoms with Crippen LogP contribution >= 0.6 is 0 Å².